The summed E-state index contributed by atoms with van der Waals surface area (Å²) in [6.45, 7) is 0. The summed E-state index contributed by atoms with van der Waals surface area (Å²) >= 11 is 6.89. The van der Waals surface area contributed by atoms with Crippen molar-refractivity contribution in [2.24, 2.45) is 0 Å². The first-order valence-corrected chi connectivity index (χ1v) is 4.77. The number of halogens is 1. The van der Waals surface area contributed by atoms with Gasteiger partial charge in [-0.2, -0.15) is 0 Å². The molecule has 13 heavy (non-hydrogen) atoms. The lowest BCUT2D eigenvalue weighted by Crippen LogP contribution is -1.98. The molecule has 2 rings (SSSR count). The molecule has 0 aromatic carbocycles. The number of furan rings is 1. The van der Waals surface area contributed by atoms with Gasteiger partial charge in [0, 0.05) is 5.38 Å². The van der Waals surface area contributed by atoms with Crippen molar-refractivity contribution in [2.75, 3.05) is 0 Å². The fraction of sp³-hybridized carbons (Fsp3) is 0. The van der Waals surface area contributed by atoms with Gasteiger partial charge in [-0.05, 0) is 23.7 Å². The van der Waals surface area contributed by atoms with E-state index in [9.17, 15) is 4.79 Å². The monoisotopic (exact) mass is 213 g/mol. The lowest BCUT2D eigenvalue weighted by molar-refractivity contribution is 0.100. The summed E-state index contributed by atoms with van der Waals surface area (Å²) in [4.78, 5) is 15.4. The second kappa shape index (κ2) is 3.32. The molecule has 0 saturated carbocycles. The van der Waals surface area contributed by atoms with Gasteiger partial charge in [0.2, 0.25) is 5.78 Å². The topological polar surface area (TPSA) is 43.1 Å². The first-order valence-electron chi connectivity index (χ1n) is 3.45. The van der Waals surface area contributed by atoms with Gasteiger partial charge < -0.3 is 4.42 Å². The molecular weight excluding hydrogens is 210 g/mol. The van der Waals surface area contributed by atoms with Crippen LogP contribution in [0, 0.1) is 0 Å². The first-order chi connectivity index (χ1) is 6.27. The molecule has 0 amide bonds. The van der Waals surface area contributed by atoms with Gasteiger partial charge in [-0.3, -0.25) is 4.79 Å². The van der Waals surface area contributed by atoms with E-state index in [1.54, 1.807) is 10.9 Å². The number of hydrogen-bond donors (Lipinski definition) is 0. The van der Waals surface area contributed by atoms with Crippen LogP contribution in [0.1, 0.15) is 16.2 Å². The zero-order valence-electron chi connectivity index (χ0n) is 6.36. The minimum Gasteiger partial charge on any atom is -0.441 e. The number of ketones is 1. The standard InChI is InChI=1S/C8H4ClNO2S/c9-7-2-1-6(12-7)8(11)5-3-13-4-10-5/h1-4H. The van der Waals surface area contributed by atoms with E-state index in [4.69, 9.17) is 16.0 Å². The molecule has 2 heterocycles. The van der Waals surface area contributed by atoms with E-state index in [1.165, 1.54) is 23.5 Å². The van der Waals surface area contributed by atoms with E-state index in [1.807, 2.05) is 0 Å². The molecule has 0 fully saturated rings. The van der Waals surface area contributed by atoms with Crippen molar-refractivity contribution in [3.05, 3.63) is 39.7 Å². The Morgan fingerprint density at radius 3 is 2.92 bits per heavy atom. The van der Waals surface area contributed by atoms with Crippen LogP contribution in [-0.2, 0) is 0 Å². The first kappa shape index (κ1) is 8.47. The SMILES string of the molecule is O=C(c1cscn1)c1ccc(Cl)o1. The number of nitrogens with zero attached hydrogens (tertiary/aromatic N) is 1. The summed E-state index contributed by atoms with van der Waals surface area (Å²) in [7, 11) is 0. The van der Waals surface area contributed by atoms with Gasteiger partial charge in [0.05, 0.1) is 5.51 Å². The van der Waals surface area contributed by atoms with Crippen molar-refractivity contribution < 1.29 is 9.21 Å². The van der Waals surface area contributed by atoms with Crippen molar-refractivity contribution in [1.82, 2.24) is 4.98 Å². The van der Waals surface area contributed by atoms with E-state index in [0.717, 1.165) is 0 Å². The molecular formula is C8H4ClNO2S. The van der Waals surface area contributed by atoms with E-state index >= 15 is 0 Å². The maximum Gasteiger partial charge on any atom is 0.247 e. The van der Waals surface area contributed by atoms with Gasteiger partial charge in [-0.25, -0.2) is 4.98 Å². The normalized spacial score (nSPS) is 10.2. The van der Waals surface area contributed by atoms with Crippen LogP contribution in [-0.4, -0.2) is 10.8 Å². The Kier molecular flexibility index (Phi) is 2.16. The predicted octanol–water partition coefficient (Wildman–Crippen LogP) is 2.62. The molecule has 0 N–H and O–H groups in total. The van der Waals surface area contributed by atoms with Crippen LogP contribution in [0.2, 0.25) is 5.22 Å². The third kappa shape index (κ3) is 1.64. The number of rotatable bonds is 2. The summed E-state index contributed by atoms with van der Waals surface area (Å²) < 4.78 is 4.95. The molecule has 0 unspecified atom stereocenters. The Hall–Kier alpha value is -1.13. The molecule has 2 aromatic rings. The van der Waals surface area contributed by atoms with Crippen LogP contribution in [0.4, 0.5) is 0 Å². The van der Waals surface area contributed by atoms with Crippen LogP contribution >= 0.6 is 22.9 Å². The van der Waals surface area contributed by atoms with Gasteiger partial charge >= 0.3 is 0 Å². The second-order valence-electron chi connectivity index (χ2n) is 2.31. The Morgan fingerprint density at radius 2 is 2.38 bits per heavy atom. The molecule has 0 aliphatic heterocycles. The van der Waals surface area contributed by atoms with Crippen molar-refractivity contribution >= 4 is 28.7 Å². The second-order valence-corrected chi connectivity index (χ2v) is 3.40. The van der Waals surface area contributed by atoms with E-state index in [2.05, 4.69) is 4.98 Å². The Balaban J connectivity index is 2.33. The highest BCUT2D eigenvalue weighted by atomic mass is 35.5. The third-order valence-electron chi connectivity index (χ3n) is 1.46. The summed E-state index contributed by atoms with van der Waals surface area (Å²) in [5, 5.41) is 1.87. The number of carbonyl (C=O) groups is 1. The molecule has 2 aromatic heterocycles. The van der Waals surface area contributed by atoms with Crippen molar-refractivity contribution in [3.63, 3.8) is 0 Å². The average Bonchev–Trinajstić information content (AvgIpc) is 2.72. The van der Waals surface area contributed by atoms with Crippen molar-refractivity contribution in [2.45, 2.75) is 0 Å². The minimum absolute atomic E-state index is 0.207. The zero-order valence-corrected chi connectivity index (χ0v) is 7.93. The largest absolute Gasteiger partial charge is 0.441 e. The molecule has 0 spiro atoms. The van der Waals surface area contributed by atoms with Gasteiger partial charge in [-0.1, -0.05) is 0 Å². The van der Waals surface area contributed by atoms with E-state index < -0.39 is 0 Å². The van der Waals surface area contributed by atoms with Crippen molar-refractivity contribution in [1.29, 1.82) is 0 Å². The number of carbonyl (C=O) groups excluding carboxylic acids is 1. The number of thiazole rings is 1. The maximum atomic E-state index is 11.5. The molecule has 0 aliphatic carbocycles. The maximum absolute atomic E-state index is 11.5. The summed E-state index contributed by atoms with van der Waals surface area (Å²) in [6.07, 6.45) is 0. The zero-order chi connectivity index (χ0) is 9.26. The highest BCUT2D eigenvalue weighted by Crippen LogP contribution is 2.16. The summed E-state index contributed by atoms with van der Waals surface area (Å²) in [6, 6.07) is 3.06. The number of hydrogen-bond acceptors (Lipinski definition) is 4. The Bertz CT molecular complexity index is 421. The molecule has 66 valence electrons. The van der Waals surface area contributed by atoms with Gasteiger partial charge in [-0.15, -0.1) is 11.3 Å². The smallest absolute Gasteiger partial charge is 0.247 e. The Labute approximate surface area is 83.0 Å². The quantitative estimate of drug-likeness (QED) is 0.721. The van der Waals surface area contributed by atoms with Crippen molar-refractivity contribution in [3.8, 4) is 0 Å². The molecule has 0 bridgehead atoms. The highest BCUT2D eigenvalue weighted by Gasteiger charge is 2.14. The van der Waals surface area contributed by atoms with Gasteiger partial charge in [0.15, 0.2) is 11.0 Å². The fourth-order valence-electron chi connectivity index (χ4n) is 0.887. The molecule has 5 heteroatoms. The predicted molar refractivity (Wildman–Crippen MR) is 49.3 cm³/mol. The summed E-state index contributed by atoms with van der Waals surface area (Å²) in [5.74, 6) is -0.0240. The molecule has 3 nitrogen and oxygen atoms in total. The van der Waals surface area contributed by atoms with E-state index in [0.29, 0.717) is 5.69 Å². The molecule has 0 aliphatic rings. The third-order valence-corrected chi connectivity index (χ3v) is 2.25. The molecule has 0 radical (unpaired) electrons. The molecule has 0 saturated heterocycles. The minimum atomic E-state index is -0.242. The highest BCUT2D eigenvalue weighted by molar-refractivity contribution is 7.07. The fourth-order valence-corrected chi connectivity index (χ4v) is 1.57. The molecule has 0 atom stereocenters. The summed E-state index contributed by atoms with van der Waals surface area (Å²) in [5.41, 5.74) is 1.98. The average molecular weight is 214 g/mol. The van der Waals surface area contributed by atoms with Crippen LogP contribution in [0.3, 0.4) is 0 Å². The van der Waals surface area contributed by atoms with Crippen LogP contribution in [0.25, 0.3) is 0 Å². The van der Waals surface area contributed by atoms with E-state index in [-0.39, 0.29) is 16.8 Å². The Morgan fingerprint density at radius 1 is 1.54 bits per heavy atom. The lowest BCUT2D eigenvalue weighted by atomic mass is 10.2. The van der Waals surface area contributed by atoms with Gasteiger partial charge in [0.25, 0.3) is 0 Å². The number of aromatic nitrogens is 1. The van der Waals surface area contributed by atoms with Crippen LogP contribution in [0.15, 0.2) is 27.4 Å². The van der Waals surface area contributed by atoms with Gasteiger partial charge in [0.1, 0.15) is 5.69 Å². The van der Waals surface area contributed by atoms with Crippen LogP contribution < -0.4 is 0 Å². The van der Waals surface area contributed by atoms with Crippen LogP contribution in [0.5, 0.6) is 0 Å². The lowest BCUT2D eigenvalue weighted by Gasteiger charge is -1.89.